The number of carbonyl (C=O) groups is 2. The number of hydrogen-bond donors (Lipinski definition) is 0. The maximum absolute atomic E-state index is 13.5. The molecule has 0 unspecified atom stereocenters. The predicted octanol–water partition coefficient (Wildman–Crippen LogP) is 23.1. The first-order valence-corrected chi connectivity index (χ1v) is 39.1. The SMILES string of the molecule is CCCCCCCCC1(CCCCCCCC)c2cc3c(cc2-c2sc(-c4ccc(C=C5SC(=S)N(CC)C5=O)c5nsnc45)cc21)C(CCCCCCCC)(CCCCCCCC)c1cc(-c2ccc(C=C4SC(=S)N(CC)C4=O)c4nsnc24)sc1-3. The third kappa shape index (κ3) is 13.2. The lowest BCUT2D eigenvalue weighted by molar-refractivity contribution is -0.122. The molecule has 6 heterocycles. The number of hydrogen-bond acceptors (Lipinski definition) is 14. The van der Waals surface area contributed by atoms with Crippen LogP contribution in [0.4, 0.5) is 0 Å². The summed E-state index contributed by atoms with van der Waals surface area (Å²) < 4.78 is 21.2. The van der Waals surface area contributed by atoms with Crippen molar-refractivity contribution in [2.24, 2.45) is 0 Å². The second-order valence-corrected chi connectivity index (χ2v) is 31.6. The van der Waals surface area contributed by atoms with Crippen molar-refractivity contribution in [1.82, 2.24) is 27.3 Å². The zero-order valence-electron chi connectivity index (χ0n) is 52.8. The molecule has 0 spiro atoms. The molecule has 88 heavy (non-hydrogen) atoms. The van der Waals surface area contributed by atoms with Crippen LogP contribution in [0, 0.1) is 0 Å². The fourth-order valence-corrected chi connectivity index (χ4v) is 21.1. The number of thiophene rings is 2. The molecule has 2 amide bonds. The zero-order valence-corrected chi connectivity index (χ0v) is 59.3. The molecule has 4 aromatic heterocycles. The minimum absolute atomic E-state index is 0.0365. The highest BCUT2D eigenvalue weighted by molar-refractivity contribution is 8.27. The highest BCUT2D eigenvalue weighted by Crippen LogP contribution is 2.65. The largest absolute Gasteiger partial charge is 0.293 e. The zero-order chi connectivity index (χ0) is 61.4. The van der Waals surface area contributed by atoms with Gasteiger partial charge in [0.25, 0.3) is 11.8 Å². The molecule has 2 saturated heterocycles. The van der Waals surface area contributed by atoms with E-state index in [4.69, 9.17) is 41.9 Å². The lowest BCUT2D eigenvalue weighted by Gasteiger charge is -2.34. The molecule has 2 fully saturated rings. The quantitative estimate of drug-likeness (QED) is 0.0221. The average molecular weight is 1330 g/mol. The number of benzene rings is 3. The van der Waals surface area contributed by atoms with Crippen molar-refractivity contribution in [2.45, 2.75) is 232 Å². The molecule has 11 rings (SSSR count). The summed E-state index contributed by atoms with van der Waals surface area (Å²) >= 11 is 20.5. The van der Waals surface area contributed by atoms with E-state index in [-0.39, 0.29) is 22.6 Å². The number of rotatable bonds is 34. The predicted molar refractivity (Wildman–Crippen MR) is 391 cm³/mol. The first kappa shape index (κ1) is 65.5. The van der Waals surface area contributed by atoms with E-state index in [1.54, 1.807) is 20.9 Å². The number of amides is 2. The first-order valence-electron chi connectivity index (χ1n) is 33.5. The number of aromatic nitrogens is 4. The standard InChI is InChI=1S/C72H88N6O2S8/c1-7-13-17-21-25-29-37-71(38-30-26-22-18-14-8-2)53-43-52-54(44-51(53)65-55(71)45-57(83-65)49-35-33-47(61-63(49)75-87-73-61)41-59-67(79)77(11-5)69(81)85-59)72(39-31-27-23-19-15-9-3,40-32-28-24-20-16-10-4)56-46-58(84-66(52)56)50-36-34-48(62-64(50)76-88-74-62)42-60-68(80)78(12-6)70(82)86-60/h33-36,41-46H,7-32,37-40H2,1-6H3. The van der Waals surface area contributed by atoms with Gasteiger partial charge in [0.05, 0.1) is 33.3 Å². The van der Waals surface area contributed by atoms with Crippen LogP contribution in [0.2, 0.25) is 0 Å². The maximum Gasteiger partial charge on any atom is 0.266 e. The summed E-state index contributed by atoms with van der Waals surface area (Å²) in [5, 5.41) is 0. The second kappa shape index (κ2) is 30.2. The van der Waals surface area contributed by atoms with Crippen LogP contribution in [-0.4, -0.2) is 60.8 Å². The van der Waals surface area contributed by atoms with Gasteiger partial charge in [0.2, 0.25) is 0 Å². The summed E-state index contributed by atoms with van der Waals surface area (Å²) in [5.41, 5.74) is 16.4. The molecule has 0 bridgehead atoms. The van der Waals surface area contributed by atoms with Gasteiger partial charge in [0, 0.05) is 65.7 Å². The van der Waals surface area contributed by atoms with Crippen molar-refractivity contribution < 1.29 is 9.59 Å². The van der Waals surface area contributed by atoms with E-state index < -0.39 is 0 Å². The summed E-state index contributed by atoms with van der Waals surface area (Å²) in [5.74, 6) is -0.0729. The van der Waals surface area contributed by atoms with Gasteiger partial charge in [-0.3, -0.25) is 19.4 Å². The summed E-state index contributed by atoms with van der Waals surface area (Å²) in [6.07, 6.45) is 38.9. The maximum atomic E-state index is 13.5. The van der Waals surface area contributed by atoms with Gasteiger partial charge < -0.3 is 0 Å². The summed E-state index contributed by atoms with van der Waals surface area (Å²) in [6, 6.07) is 19.6. The van der Waals surface area contributed by atoms with Gasteiger partial charge in [-0.1, -0.05) is 254 Å². The molecule has 16 heteroatoms. The minimum atomic E-state index is -0.138. The monoisotopic (exact) mass is 1320 g/mol. The molecule has 8 nitrogen and oxygen atoms in total. The van der Waals surface area contributed by atoms with Gasteiger partial charge in [-0.25, -0.2) is 0 Å². The molecule has 3 aromatic carbocycles. The lowest BCUT2D eigenvalue weighted by atomic mass is 9.68. The topological polar surface area (TPSA) is 92.2 Å². The Morgan fingerprint density at radius 2 is 0.739 bits per heavy atom. The van der Waals surface area contributed by atoms with Crippen LogP contribution in [0.3, 0.4) is 0 Å². The summed E-state index contributed by atoms with van der Waals surface area (Å²) in [7, 11) is 0. The molecule has 2 aliphatic carbocycles. The normalized spacial score (nSPS) is 16.7. The highest BCUT2D eigenvalue weighted by Gasteiger charge is 2.50. The van der Waals surface area contributed by atoms with Gasteiger partial charge in [0.15, 0.2) is 0 Å². The van der Waals surface area contributed by atoms with Gasteiger partial charge in [0.1, 0.15) is 30.7 Å². The minimum Gasteiger partial charge on any atom is -0.293 e. The van der Waals surface area contributed by atoms with Gasteiger partial charge >= 0.3 is 0 Å². The number of thiocarbonyl (C=S) groups is 2. The van der Waals surface area contributed by atoms with Crippen molar-refractivity contribution in [2.75, 3.05) is 13.1 Å². The molecule has 7 aromatic rings. The molecule has 2 aliphatic heterocycles. The van der Waals surface area contributed by atoms with Gasteiger partial charge in [-0.2, -0.15) is 17.5 Å². The van der Waals surface area contributed by atoms with Crippen molar-refractivity contribution in [3.63, 3.8) is 0 Å². The molecule has 0 radical (unpaired) electrons. The van der Waals surface area contributed by atoms with Crippen LogP contribution in [0.1, 0.15) is 255 Å². The van der Waals surface area contributed by atoms with Crippen LogP contribution >= 0.6 is 94.1 Å². The third-order valence-electron chi connectivity index (χ3n) is 19.4. The van der Waals surface area contributed by atoms with Crippen LogP contribution in [0.15, 0.2) is 58.3 Å². The number of thioether (sulfide) groups is 2. The molecular formula is C72H88N6O2S8. The van der Waals surface area contributed by atoms with Gasteiger partial charge in [-0.05, 0) is 109 Å². The Bertz CT molecular complexity index is 3460. The number of likely N-dealkylation sites (N-methyl/N-ethyl adjacent to an activating group) is 2. The Balaban J connectivity index is 1.07. The Kier molecular flexibility index (Phi) is 22.5. The number of carbonyl (C=O) groups excluding carboxylic acids is 2. The number of nitrogens with zero attached hydrogens (tertiary/aromatic N) is 6. The van der Waals surface area contributed by atoms with Crippen molar-refractivity contribution >= 4 is 149 Å². The van der Waals surface area contributed by atoms with E-state index >= 15 is 0 Å². The van der Waals surface area contributed by atoms with Crippen LogP contribution < -0.4 is 0 Å². The Morgan fingerprint density at radius 3 is 1.07 bits per heavy atom. The molecule has 0 saturated carbocycles. The Hall–Kier alpha value is -4.00. The van der Waals surface area contributed by atoms with Crippen LogP contribution in [0.25, 0.3) is 76.0 Å². The Morgan fingerprint density at radius 1 is 0.409 bits per heavy atom. The van der Waals surface area contributed by atoms with Gasteiger partial charge in [-0.15, -0.1) is 22.7 Å². The molecular weight excluding hydrogens is 1240 g/mol. The number of fused-ring (bicyclic) bond motifs is 8. The third-order valence-corrected chi connectivity index (χ3v) is 25.6. The molecule has 0 atom stereocenters. The van der Waals surface area contributed by atoms with E-state index in [9.17, 15) is 9.59 Å². The molecule has 466 valence electrons. The second-order valence-electron chi connectivity index (χ2n) is 25.1. The smallest absolute Gasteiger partial charge is 0.266 e. The van der Waals surface area contributed by atoms with Crippen LogP contribution in [0.5, 0.6) is 0 Å². The van der Waals surface area contributed by atoms with Crippen LogP contribution in [-0.2, 0) is 20.4 Å². The fourth-order valence-electron chi connectivity index (χ4n) is 14.6. The highest BCUT2D eigenvalue weighted by atomic mass is 32.2. The van der Waals surface area contributed by atoms with Crippen molar-refractivity contribution in [1.29, 1.82) is 0 Å². The lowest BCUT2D eigenvalue weighted by Crippen LogP contribution is -2.27. The van der Waals surface area contributed by atoms with Crippen molar-refractivity contribution in [3.05, 3.63) is 91.7 Å². The summed E-state index contributed by atoms with van der Waals surface area (Å²) in [4.78, 5) is 37.0. The molecule has 4 aliphatic rings. The van der Waals surface area contributed by atoms with E-state index in [1.807, 2.05) is 48.7 Å². The van der Waals surface area contributed by atoms with Crippen molar-refractivity contribution in [3.8, 4) is 41.8 Å². The van der Waals surface area contributed by atoms with E-state index in [0.29, 0.717) is 31.5 Å². The number of unbranched alkanes of at least 4 members (excludes halogenated alkanes) is 20. The molecule has 0 N–H and O–H groups in total. The van der Waals surface area contributed by atoms with E-state index in [0.717, 1.165) is 70.0 Å². The first-order chi connectivity index (χ1) is 43.0. The van der Waals surface area contributed by atoms with E-state index in [2.05, 4.69) is 76.2 Å². The Labute approximate surface area is 559 Å². The summed E-state index contributed by atoms with van der Waals surface area (Å²) in [6.45, 7) is 14.4. The van der Waals surface area contributed by atoms with E-state index in [1.165, 1.54) is 243 Å². The fraction of sp³-hybridized carbons (Fsp3) is 0.528. The average Bonchev–Trinajstić information content (AvgIpc) is 1.60.